The third kappa shape index (κ3) is 2.64. The van der Waals surface area contributed by atoms with Gasteiger partial charge in [0.25, 0.3) is 0 Å². The maximum atomic E-state index is 13.3. The molecule has 0 atom stereocenters. The van der Waals surface area contributed by atoms with E-state index in [0.717, 1.165) is 40.6 Å². The summed E-state index contributed by atoms with van der Waals surface area (Å²) in [5.41, 5.74) is 3.30. The summed E-state index contributed by atoms with van der Waals surface area (Å²) in [5, 5.41) is 0.893. The molecule has 3 aromatic rings. The normalized spacial score (nSPS) is 13.9. The molecule has 1 saturated carbocycles. The second kappa shape index (κ2) is 5.71. The van der Waals surface area contributed by atoms with Crippen LogP contribution in [0.15, 0.2) is 48.5 Å². The lowest BCUT2D eigenvalue weighted by Gasteiger charge is -2.16. The van der Waals surface area contributed by atoms with Crippen LogP contribution in [0.2, 0.25) is 0 Å². The smallest absolute Gasteiger partial charge is 0.308 e. The second-order valence-corrected chi connectivity index (χ2v) is 6.09. The Morgan fingerprint density at radius 2 is 1.83 bits per heavy atom. The van der Waals surface area contributed by atoms with E-state index in [0.29, 0.717) is 11.7 Å². The summed E-state index contributed by atoms with van der Waals surface area (Å²) in [6, 6.07) is 14.0. The van der Waals surface area contributed by atoms with E-state index in [2.05, 4.69) is 0 Å². The van der Waals surface area contributed by atoms with E-state index in [4.69, 9.17) is 9.72 Å². The molecular formula is C20H16FNO2. The Kier molecular flexibility index (Phi) is 3.53. The van der Waals surface area contributed by atoms with Crippen LogP contribution >= 0.6 is 0 Å². The molecule has 1 aliphatic rings. The minimum Gasteiger partial charge on any atom is -0.424 e. The molecule has 0 unspecified atom stereocenters. The van der Waals surface area contributed by atoms with Crippen molar-refractivity contribution in [3.63, 3.8) is 0 Å². The summed E-state index contributed by atoms with van der Waals surface area (Å²) in [6.07, 6.45) is 2.09. The van der Waals surface area contributed by atoms with Gasteiger partial charge in [-0.25, -0.2) is 9.37 Å². The molecule has 3 nitrogen and oxygen atoms in total. The van der Waals surface area contributed by atoms with Gasteiger partial charge in [0.2, 0.25) is 0 Å². The quantitative estimate of drug-likeness (QED) is 0.648. The molecule has 1 aromatic heterocycles. The van der Waals surface area contributed by atoms with Gasteiger partial charge in [-0.3, -0.25) is 4.79 Å². The number of para-hydroxylation sites is 1. The first-order valence-corrected chi connectivity index (χ1v) is 8.00. The van der Waals surface area contributed by atoms with Crippen LogP contribution in [0, 0.1) is 5.82 Å². The Hall–Kier alpha value is -2.75. The number of hydrogen-bond acceptors (Lipinski definition) is 3. The molecule has 0 aliphatic heterocycles. The van der Waals surface area contributed by atoms with Gasteiger partial charge in [-0.1, -0.05) is 30.3 Å². The van der Waals surface area contributed by atoms with Crippen molar-refractivity contribution in [1.29, 1.82) is 0 Å². The van der Waals surface area contributed by atoms with Crippen LogP contribution in [0.3, 0.4) is 0 Å². The molecule has 0 spiro atoms. The monoisotopic (exact) mass is 321 g/mol. The number of carbonyl (C=O) groups is 1. The Morgan fingerprint density at radius 1 is 1.12 bits per heavy atom. The van der Waals surface area contributed by atoms with Gasteiger partial charge in [0.05, 0.1) is 11.2 Å². The fourth-order valence-corrected chi connectivity index (χ4v) is 3.00. The topological polar surface area (TPSA) is 39.2 Å². The molecular weight excluding hydrogens is 305 g/mol. The zero-order valence-corrected chi connectivity index (χ0v) is 13.3. The Balaban J connectivity index is 2.06. The first-order chi connectivity index (χ1) is 11.6. The number of hydrogen-bond donors (Lipinski definition) is 0. The van der Waals surface area contributed by atoms with Gasteiger partial charge in [-0.15, -0.1) is 0 Å². The van der Waals surface area contributed by atoms with Crippen LogP contribution in [0.4, 0.5) is 4.39 Å². The van der Waals surface area contributed by atoms with Crippen molar-refractivity contribution in [3.8, 4) is 16.9 Å². The standard InChI is InChI=1S/C20H16FNO2/c1-12(23)24-20-18(13-8-10-15(21)11-9-13)16-4-2-3-5-17(16)22-19(20)14-6-7-14/h2-5,8-11,14H,6-7H2,1H3. The molecule has 4 heteroatoms. The number of halogens is 1. The highest BCUT2D eigenvalue weighted by Gasteiger charge is 2.32. The van der Waals surface area contributed by atoms with Crippen LogP contribution < -0.4 is 4.74 Å². The van der Waals surface area contributed by atoms with Gasteiger partial charge in [0, 0.05) is 23.8 Å². The molecule has 0 radical (unpaired) electrons. The molecule has 0 N–H and O–H groups in total. The maximum absolute atomic E-state index is 13.3. The number of aromatic nitrogens is 1. The van der Waals surface area contributed by atoms with E-state index < -0.39 is 0 Å². The Labute approximate surface area is 139 Å². The third-order valence-electron chi connectivity index (χ3n) is 4.22. The van der Waals surface area contributed by atoms with Crippen molar-refractivity contribution >= 4 is 16.9 Å². The zero-order valence-electron chi connectivity index (χ0n) is 13.3. The van der Waals surface area contributed by atoms with Crippen molar-refractivity contribution in [2.45, 2.75) is 25.7 Å². The number of ether oxygens (including phenoxy) is 1. The van der Waals surface area contributed by atoms with Crippen molar-refractivity contribution in [1.82, 2.24) is 4.98 Å². The van der Waals surface area contributed by atoms with Crippen molar-refractivity contribution < 1.29 is 13.9 Å². The van der Waals surface area contributed by atoms with Crippen LogP contribution in [0.5, 0.6) is 5.75 Å². The summed E-state index contributed by atoms with van der Waals surface area (Å²) in [4.78, 5) is 16.4. The fourth-order valence-electron chi connectivity index (χ4n) is 3.00. The van der Waals surface area contributed by atoms with Crippen LogP contribution in [-0.2, 0) is 4.79 Å². The van der Waals surface area contributed by atoms with Crippen molar-refractivity contribution in [3.05, 3.63) is 60.0 Å². The number of fused-ring (bicyclic) bond motifs is 1. The lowest BCUT2D eigenvalue weighted by molar-refractivity contribution is -0.131. The predicted molar refractivity (Wildman–Crippen MR) is 90.4 cm³/mol. The van der Waals surface area contributed by atoms with Crippen molar-refractivity contribution in [2.24, 2.45) is 0 Å². The minimum absolute atomic E-state index is 0.298. The van der Waals surface area contributed by atoms with Gasteiger partial charge in [0.15, 0.2) is 5.75 Å². The molecule has 2 aromatic carbocycles. The summed E-state index contributed by atoms with van der Waals surface area (Å²) in [7, 11) is 0. The van der Waals surface area contributed by atoms with Gasteiger partial charge < -0.3 is 4.74 Å². The van der Waals surface area contributed by atoms with Crippen LogP contribution in [0.1, 0.15) is 31.4 Å². The average molecular weight is 321 g/mol. The van der Waals surface area contributed by atoms with Gasteiger partial charge in [-0.2, -0.15) is 0 Å². The van der Waals surface area contributed by atoms with Crippen LogP contribution in [0.25, 0.3) is 22.0 Å². The van der Waals surface area contributed by atoms with E-state index in [1.165, 1.54) is 19.1 Å². The molecule has 0 amide bonds. The number of carbonyl (C=O) groups excluding carboxylic acids is 1. The van der Waals surface area contributed by atoms with E-state index in [1.807, 2.05) is 24.3 Å². The average Bonchev–Trinajstić information content (AvgIpc) is 3.40. The summed E-state index contributed by atoms with van der Waals surface area (Å²) in [5.74, 6) is 0.157. The van der Waals surface area contributed by atoms with E-state index >= 15 is 0 Å². The molecule has 1 aliphatic carbocycles. The van der Waals surface area contributed by atoms with Gasteiger partial charge in [0.1, 0.15) is 5.82 Å². The summed E-state index contributed by atoms with van der Waals surface area (Å²) in [6.45, 7) is 1.39. The van der Waals surface area contributed by atoms with E-state index in [9.17, 15) is 9.18 Å². The molecule has 0 bridgehead atoms. The Morgan fingerprint density at radius 3 is 2.50 bits per heavy atom. The van der Waals surface area contributed by atoms with Gasteiger partial charge >= 0.3 is 5.97 Å². The maximum Gasteiger partial charge on any atom is 0.308 e. The molecule has 1 fully saturated rings. The number of nitrogens with zero attached hydrogens (tertiary/aromatic N) is 1. The second-order valence-electron chi connectivity index (χ2n) is 6.09. The highest BCUT2D eigenvalue weighted by molar-refractivity contribution is 5.99. The Bertz CT molecular complexity index is 930. The summed E-state index contributed by atoms with van der Waals surface area (Å²) >= 11 is 0. The largest absolute Gasteiger partial charge is 0.424 e. The zero-order chi connectivity index (χ0) is 16.7. The summed E-state index contributed by atoms with van der Waals surface area (Å²) < 4.78 is 18.9. The number of pyridine rings is 1. The van der Waals surface area contributed by atoms with Gasteiger partial charge in [-0.05, 0) is 36.6 Å². The molecule has 24 heavy (non-hydrogen) atoms. The molecule has 120 valence electrons. The highest BCUT2D eigenvalue weighted by Crippen LogP contribution is 2.48. The number of esters is 1. The number of benzene rings is 2. The van der Waals surface area contributed by atoms with E-state index in [-0.39, 0.29) is 11.8 Å². The molecule has 4 rings (SSSR count). The molecule has 1 heterocycles. The van der Waals surface area contributed by atoms with E-state index in [1.54, 1.807) is 12.1 Å². The minimum atomic E-state index is -0.377. The van der Waals surface area contributed by atoms with Crippen LogP contribution in [-0.4, -0.2) is 11.0 Å². The highest BCUT2D eigenvalue weighted by atomic mass is 19.1. The predicted octanol–water partition coefficient (Wildman–Crippen LogP) is 4.84. The third-order valence-corrected chi connectivity index (χ3v) is 4.22. The fraction of sp³-hybridized carbons (Fsp3) is 0.200. The number of rotatable bonds is 3. The SMILES string of the molecule is CC(=O)Oc1c(C2CC2)nc2ccccc2c1-c1ccc(F)cc1. The van der Waals surface area contributed by atoms with Crippen molar-refractivity contribution in [2.75, 3.05) is 0 Å². The lowest BCUT2D eigenvalue weighted by atomic mass is 9.97. The molecule has 0 saturated heterocycles. The first-order valence-electron chi connectivity index (χ1n) is 8.00. The first kappa shape index (κ1) is 14.8. The lowest BCUT2D eigenvalue weighted by Crippen LogP contribution is -2.07.